The molecule has 2 aromatic carbocycles. The van der Waals surface area contributed by atoms with Crippen LogP contribution < -0.4 is 15.5 Å². The molecule has 0 saturated carbocycles. The molecule has 0 spiro atoms. The van der Waals surface area contributed by atoms with Gasteiger partial charge in [0.25, 0.3) is 5.91 Å². The highest BCUT2D eigenvalue weighted by Gasteiger charge is 2.23. The van der Waals surface area contributed by atoms with Gasteiger partial charge in [-0.15, -0.1) is 0 Å². The van der Waals surface area contributed by atoms with Crippen molar-refractivity contribution in [3.63, 3.8) is 0 Å². The van der Waals surface area contributed by atoms with Crippen molar-refractivity contribution in [1.29, 1.82) is 0 Å². The molecule has 164 valence electrons. The number of amides is 2. The molecule has 3 rings (SSSR count). The van der Waals surface area contributed by atoms with E-state index in [9.17, 15) is 19.5 Å². The molecule has 1 fully saturated rings. The quantitative estimate of drug-likeness (QED) is 0.601. The lowest BCUT2D eigenvalue weighted by atomic mass is 10.1. The smallest absolute Gasteiger partial charge is 0.337 e. The first-order chi connectivity index (χ1) is 15.0. The fraction of sp³-hybridized carbons (Fsp3) is 0.348. The van der Waals surface area contributed by atoms with E-state index in [2.05, 4.69) is 15.5 Å². The second-order valence-corrected chi connectivity index (χ2v) is 7.47. The first-order valence-electron chi connectivity index (χ1n) is 10.5. The fourth-order valence-electron chi connectivity index (χ4n) is 3.52. The molecule has 1 aliphatic rings. The third-order valence-corrected chi connectivity index (χ3v) is 5.17. The highest BCUT2D eigenvalue weighted by atomic mass is 16.4. The van der Waals surface area contributed by atoms with Gasteiger partial charge in [0.15, 0.2) is 0 Å². The Balaban J connectivity index is 1.65. The molecule has 0 bridgehead atoms. The van der Waals surface area contributed by atoms with Crippen molar-refractivity contribution in [2.75, 3.05) is 49.5 Å². The summed E-state index contributed by atoms with van der Waals surface area (Å²) in [6, 6.07) is 13.7. The van der Waals surface area contributed by atoms with Crippen LogP contribution in [0, 0.1) is 0 Å². The lowest BCUT2D eigenvalue weighted by Gasteiger charge is -2.36. The largest absolute Gasteiger partial charge is 0.478 e. The molecule has 2 aromatic rings. The van der Waals surface area contributed by atoms with Crippen LogP contribution in [-0.4, -0.2) is 67.1 Å². The van der Waals surface area contributed by atoms with Crippen LogP contribution in [-0.2, 0) is 4.79 Å². The van der Waals surface area contributed by atoms with Gasteiger partial charge in [-0.3, -0.25) is 14.5 Å². The molecule has 8 heteroatoms. The second-order valence-electron chi connectivity index (χ2n) is 7.47. The van der Waals surface area contributed by atoms with Crippen LogP contribution in [0.15, 0.2) is 48.5 Å². The van der Waals surface area contributed by atoms with Crippen LogP contribution in [0.4, 0.5) is 11.4 Å². The zero-order valence-electron chi connectivity index (χ0n) is 17.6. The first-order valence-corrected chi connectivity index (χ1v) is 10.5. The topological polar surface area (TPSA) is 102 Å². The molecule has 1 heterocycles. The molecule has 8 nitrogen and oxygen atoms in total. The highest BCUT2D eigenvalue weighted by Crippen LogP contribution is 2.26. The van der Waals surface area contributed by atoms with E-state index in [4.69, 9.17) is 0 Å². The number of rotatable bonds is 8. The summed E-state index contributed by atoms with van der Waals surface area (Å²) in [5, 5.41) is 15.4. The van der Waals surface area contributed by atoms with Gasteiger partial charge in [0.05, 0.1) is 17.8 Å². The van der Waals surface area contributed by atoms with Gasteiger partial charge in [0, 0.05) is 44.0 Å². The van der Waals surface area contributed by atoms with Crippen molar-refractivity contribution < 1.29 is 19.5 Å². The summed E-state index contributed by atoms with van der Waals surface area (Å²) in [6.07, 6.45) is 0.902. The molecule has 31 heavy (non-hydrogen) atoms. The zero-order valence-corrected chi connectivity index (χ0v) is 17.6. The van der Waals surface area contributed by atoms with Crippen molar-refractivity contribution >= 4 is 29.2 Å². The minimum Gasteiger partial charge on any atom is -0.478 e. The minimum absolute atomic E-state index is 0.0139. The van der Waals surface area contributed by atoms with Crippen LogP contribution in [0.1, 0.15) is 34.1 Å². The van der Waals surface area contributed by atoms with E-state index in [-0.39, 0.29) is 17.4 Å². The van der Waals surface area contributed by atoms with Gasteiger partial charge >= 0.3 is 5.97 Å². The van der Waals surface area contributed by atoms with Crippen molar-refractivity contribution in [2.45, 2.75) is 13.3 Å². The number of hydrogen-bond acceptors (Lipinski definition) is 5. The Hall–Kier alpha value is -3.39. The van der Waals surface area contributed by atoms with Gasteiger partial charge < -0.3 is 20.6 Å². The van der Waals surface area contributed by atoms with Crippen LogP contribution >= 0.6 is 0 Å². The highest BCUT2D eigenvalue weighted by molar-refractivity contribution is 6.05. The van der Waals surface area contributed by atoms with Gasteiger partial charge in [0.1, 0.15) is 0 Å². The first kappa shape index (κ1) is 22.3. The monoisotopic (exact) mass is 424 g/mol. The van der Waals surface area contributed by atoms with Crippen molar-refractivity contribution in [3.05, 3.63) is 59.7 Å². The maximum Gasteiger partial charge on any atom is 0.337 e. The normalized spacial score (nSPS) is 14.2. The Morgan fingerprint density at radius 2 is 1.71 bits per heavy atom. The Kier molecular flexibility index (Phi) is 7.61. The summed E-state index contributed by atoms with van der Waals surface area (Å²) in [6.45, 7) is 5.62. The summed E-state index contributed by atoms with van der Waals surface area (Å²) in [5.41, 5.74) is 1.68. The van der Waals surface area contributed by atoms with Gasteiger partial charge in [-0.2, -0.15) is 0 Å². The molecule has 1 saturated heterocycles. The summed E-state index contributed by atoms with van der Waals surface area (Å²) >= 11 is 0. The number of carboxylic acid groups (broad SMARTS) is 1. The standard InChI is InChI=1S/C23H28N4O4/c1-2-10-24-21(28)16-26-11-13-27(14-12-26)20-9-8-18(15-19(20)23(30)31)25-22(29)17-6-4-3-5-7-17/h3-9,15H,2,10-14,16H2,1H3,(H,24,28)(H,25,29)(H,30,31). The average Bonchev–Trinajstić information content (AvgIpc) is 2.78. The Labute approximate surface area is 181 Å². The van der Waals surface area contributed by atoms with Gasteiger partial charge in [0.2, 0.25) is 5.91 Å². The molecule has 0 radical (unpaired) electrons. The third kappa shape index (κ3) is 6.05. The number of anilines is 2. The molecule has 0 atom stereocenters. The predicted octanol–water partition coefficient (Wildman–Crippen LogP) is 2.29. The van der Waals surface area contributed by atoms with Crippen LogP contribution in [0.3, 0.4) is 0 Å². The van der Waals surface area contributed by atoms with E-state index in [1.165, 1.54) is 6.07 Å². The van der Waals surface area contributed by atoms with E-state index in [1.807, 2.05) is 17.9 Å². The van der Waals surface area contributed by atoms with Crippen LogP contribution in [0.2, 0.25) is 0 Å². The number of nitrogens with zero attached hydrogens (tertiary/aromatic N) is 2. The maximum absolute atomic E-state index is 12.4. The summed E-state index contributed by atoms with van der Waals surface area (Å²) in [5.74, 6) is -1.33. The molecular weight excluding hydrogens is 396 g/mol. The summed E-state index contributed by atoms with van der Waals surface area (Å²) in [7, 11) is 0. The number of aromatic carboxylic acids is 1. The zero-order chi connectivity index (χ0) is 22.2. The lowest BCUT2D eigenvalue weighted by molar-refractivity contribution is -0.122. The van der Waals surface area contributed by atoms with Crippen molar-refractivity contribution in [3.8, 4) is 0 Å². The van der Waals surface area contributed by atoms with Gasteiger partial charge in [-0.25, -0.2) is 4.79 Å². The Bertz CT molecular complexity index is 924. The van der Waals surface area contributed by atoms with Crippen LogP contribution in [0.25, 0.3) is 0 Å². The predicted molar refractivity (Wildman–Crippen MR) is 120 cm³/mol. The Morgan fingerprint density at radius 3 is 2.35 bits per heavy atom. The lowest BCUT2D eigenvalue weighted by Crippen LogP contribution is -2.49. The van der Waals surface area contributed by atoms with E-state index in [1.54, 1.807) is 36.4 Å². The third-order valence-electron chi connectivity index (χ3n) is 5.17. The maximum atomic E-state index is 12.4. The molecule has 0 aliphatic carbocycles. The second kappa shape index (κ2) is 10.6. The minimum atomic E-state index is -1.05. The molecule has 2 amide bonds. The molecule has 0 aromatic heterocycles. The van der Waals surface area contributed by atoms with Crippen LogP contribution in [0.5, 0.6) is 0 Å². The summed E-state index contributed by atoms with van der Waals surface area (Å²) in [4.78, 5) is 40.2. The number of nitrogens with one attached hydrogen (secondary N) is 2. The van der Waals surface area contributed by atoms with E-state index in [0.29, 0.717) is 56.2 Å². The average molecular weight is 425 g/mol. The number of carboxylic acids is 1. The number of carbonyl (C=O) groups is 3. The number of hydrogen-bond donors (Lipinski definition) is 3. The van der Waals surface area contributed by atoms with E-state index >= 15 is 0 Å². The number of benzene rings is 2. The number of piperazine rings is 1. The fourth-order valence-corrected chi connectivity index (χ4v) is 3.52. The van der Waals surface area contributed by atoms with E-state index in [0.717, 1.165) is 6.42 Å². The van der Waals surface area contributed by atoms with Crippen molar-refractivity contribution in [2.24, 2.45) is 0 Å². The molecule has 0 unspecified atom stereocenters. The molecular formula is C23H28N4O4. The van der Waals surface area contributed by atoms with Gasteiger partial charge in [-0.1, -0.05) is 25.1 Å². The molecule has 3 N–H and O–H groups in total. The van der Waals surface area contributed by atoms with E-state index < -0.39 is 5.97 Å². The SMILES string of the molecule is CCCNC(=O)CN1CCN(c2ccc(NC(=O)c3ccccc3)cc2C(=O)O)CC1. The molecule has 1 aliphatic heterocycles. The van der Waals surface area contributed by atoms with Gasteiger partial charge in [-0.05, 0) is 36.8 Å². The Morgan fingerprint density at radius 1 is 1.00 bits per heavy atom. The summed E-state index contributed by atoms with van der Waals surface area (Å²) < 4.78 is 0. The number of carbonyl (C=O) groups excluding carboxylic acids is 2. The van der Waals surface area contributed by atoms with Crippen molar-refractivity contribution in [1.82, 2.24) is 10.2 Å².